The molecule has 2 fully saturated rings. The lowest BCUT2D eigenvalue weighted by Crippen LogP contribution is -2.53. The molecule has 0 bridgehead atoms. The lowest BCUT2D eigenvalue weighted by atomic mass is 10.0. The van der Waals surface area contributed by atoms with E-state index in [2.05, 4.69) is 10.2 Å². The molecule has 0 saturated carbocycles. The summed E-state index contributed by atoms with van der Waals surface area (Å²) in [6, 6.07) is 6.95. The summed E-state index contributed by atoms with van der Waals surface area (Å²) in [5, 5.41) is 3.16. The molecule has 0 aromatic heterocycles. The van der Waals surface area contributed by atoms with Gasteiger partial charge in [0, 0.05) is 38.8 Å². The van der Waals surface area contributed by atoms with E-state index in [4.69, 9.17) is 4.74 Å². The van der Waals surface area contributed by atoms with Gasteiger partial charge in [0.1, 0.15) is 5.82 Å². The van der Waals surface area contributed by atoms with E-state index in [9.17, 15) is 9.18 Å². The predicted molar refractivity (Wildman–Crippen MR) is 90.2 cm³/mol. The molecular weight excluding hydrogens is 309 g/mol. The number of ether oxygens (including phenoxy) is 1. The fraction of sp³-hybridized carbons (Fsp3) is 0.611. The Morgan fingerprint density at radius 3 is 2.62 bits per heavy atom. The van der Waals surface area contributed by atoms with E-state index in [1.807, 2.05) is 24.0 Å². The van der Waals surface area contributed by atoms with Crippen molar-refractivity contribution in [2.45, 2.75) is 38.5 Å². The Bertz CT molecular complexity index is 544. The Kier molecular flexibility index (Phi) is 5.68. The van der Waals surface area contributed by atoms with Crippen LogP contribution in [-0.2, 0) is 11.3 Å². The van der Waals surface area contributed by atoms with Crippen LogP contribution in [0.2, 0.25) is 0 Å². The van der Waals surface area contributed by atoms with Crippen molar-refractivity contribution in [3.05, 3.63) is 35.6 Å². The second kappa shape index (κ2) is 7.94. The zero-order valence-electron chi connectivity index (χ0n) is 14.2. The lowest BCUT2D eigenvalue weighted by molar-refractivity contribution is -0.00420. The van der Waals surface area contributed by atoms with E-state index in [1.165, 1.54) is 12.1 Å². The van der Waals surface area contributed by atoms with Crippen LogP contribution in [0, 0.1) is 5.82 Å². The third-order valence-corrected chi connectivity index (χ3v) is 4.76. The van der Waals surface area contributed by atoms with Gasteiger partial charge in [-0.2, -0.15) is 0 Å². The van der Waals surface area contributed by atoms with Crippen LogP contribution < -0.4 is 5.32 Å². The van der Waals surface area contributed by atoms with E-state index < -0.39 is 0 Å². The van der Waals surface area contributed by atoms with Crippen LogP contribution in [-0.4, -0.2) is 60.8 Å². The van der Waals surface area contributed by atoms with Crippen LogP contribution >= 0.6 is 0 Å². The zero-order chi connectivity index (χ0) is 16.9. The fourth-order valence-corrected chi connectivity index (χ4v) is 3.35. The third-order valence-electron chi connectivity index (χ3n) is 4.76. The van der Waals surface area contributed by atoms with Crippen molar-refractivity contribution in [1.82, 2.24) is 15.1 Å². The number of likely N-dealkylation sites (tertiary alicyclic amines) is 1. The minimum atomic E-state index is -0.197. The minimum Gasteiger partial charge on any atom is -0.375 e. The van der Waals surface area contributed by atoms with Gasteiger partial charge in [-0.25, -0.2) is 9.18 Å². The number of piperidine rings is 1. The number of nitrogens with zero attached hydrogens (tertiary/aromatic N) is 2. The first kappa shape index (κ1) is 17.2. The molecule has 2 aliphatic rings. The van der Waals surface area contributed by atoms with Gasteiger partial charge in [-0.3, -0.25) is 4.90 Å². The highest BCUT2D eigenvalue weighted by atomic mass is 19.1. The largest absolute Gasteiger partial charge is 0.375 e. The van der Waals surface area contributed by atoms with Crippen LogP contribution in [0.3, 0.4) is 0 Å². The number of nitrogens with one attached hydrogen (secondary N) is 1. The van der Waals surface area contributed by atoms with E-state index in [0.717, 1.165) is 38.0 Å². The Hall–Kier alpha value is -1.66. The number of halogens is 1. The van der Waals surface area contributed by atoms with Crippen LogP contribution in [0.25, 0.3) is 0 Å². The van der Waals surface area contributed by atoms with Crippen LogP contribution in [0.4, 0.5) is 9.18 Å². The molecule has 132 valence electrons. The summed E-state index contributed by atoms with van der Waals surface area (Å²) < 4.78 is 18.4. The number of hydrogen-bond donors (Lipinski definition) is 1. The molecule has 2 amide bonds. The maximum atomic E-state index is 13.0. The van der Waals surface area contributed by atoms with E-state index in [-0.39, 0.29) is 24.0 Å². The normalized spacial score (nSPS) is 23.2. The molecule has 1 N–H and O–H groups in total. The second-order valence-corrected chi connectivity index (χ2v) is 6.75. The Morgan fingerprint density at radius 1 is 1.25 bits per heavy atom. The first-order valence-electron chi connectivity index (χ1n) is 8.74. The van der Waals surface area contributed by atoms with Crippen molar-refractivity contribution in [2.24, 2.45) is 0 Å². The van der Waals surface area contributed by atoms with Gasteiger partial charge in [-0.05, 0) is 37.5 Å². The Balaban J connectivity index is 1.41. The molecule has 5 nitrogen and oxygen atoms in total. The molecule has 2 heterocycles. The summed E-state index contributed by atoms with van der Waals surface area (Å²) in [5.41, 5.74) is 1.13. The van der Waals surface area contributed by atoms with Crippen molar-refractivity contribution in [3.63, 3.8) is 0 Å². The SMILES string of the molecule is C[C@@H]1CN(C(=O)NC2CCN(Cc3ccc(F)cc3)CC2)CCO1. The van der Waals surface area contributed by atoms with Crippen molar-refractivity contribution < 1.29 is 13.9 Å². The summed E-state index contributed by atoms with van der Waals surface area (Å²) in [5.74, 6) is -0.197. The number of urea groups is 1. The van der Waals surface area contributed by atoms with Crippen LogP contribution in [0.15, 0.2) is 24.3 Å². The zero-order valence-corrected chi connectivity index (χ0v) is 14.2. The average molecular weight is 335 g/mol. The van der Waals surface area contributed by atoms with E-state index in [1.54, 1.807) is 0 Å². The number of benzene rings is 1. The first-order chi connectivity index (χ1) is 11.6. The highest BCUT2D eigenvalue weighted by molar-refractivity contribution is 5.74. The molecule has 0 radical (unpaired) electrons. The van der Waals surface area contributed by atoms with Gasteiger partial charge in [-0.1, -0.05) is 12.1 Å². The molecule has 6 heteroatoms. The summed E-state index contributed by atoms with van der Waals surface area (Å²) in [4.78, 5) is 16.5. The monoisotopic (exact) mass is 335 g/mol. The number of rotatable bonds is 3. The van der Waals surface area contributed by atoms with Gasteiger partial charge in [0.05, 0.1) is 12.7 Å². The molecular formula is C18H26FN3O2. The molecule has 0 unspecified atom stereocenters. The first-order valence-corrected chi connectivity index (χ1v) is 8.74. The maximum Gasteiger partial charge on any atom is 0.317 e. The van der Waals surface area contributed by atoms with Crippen molar-refractivity contribution in [1.29, 1.82) is 0 Å². The second-order valence-electron chi connectivity index (χ2n) is 6.75. The summed E-state index contributed by atoms with van der Waals surface area (Å²) in [6.07, 6.45) is 2.02. The molecule has 1 aromatic rings. The molecule has 0 aliphatic carbocycles. The topological polar surface area (TPSA) is 44.8 Å². The van der Waals surface area contributed by atoms with Gasteiger partial charge in [0.15, 0.2) is 0 Å². The van der Waals surface area contributed by atoms with Gasteiger partial charge in [0.25, 0.3) is 0 Å². The van der Waals surface area contributed by atoms with E-state index in [0.29, 0.717) is 19.7 Å². The highest BCUT2D eigenvalue weighted by Gasteiger charge is 2.25. The molecule has 2 aliphatic heterocycles. The van der Waals surface area contributed by atoms with Gasteiger partial charge in [0.2, 0.25) is 0 Å². The number of carbonyl (C=O) groups is 1. The van der Waals surface area contributed by atoms with Crippen molar-refractivity contribution >= 4 is 6.03 Å². The number of amides is 2. The van der Waals surface area contributed by atoms with Crippen molar-refractivity contribution in [2.75, 3.05) is 32.8 Å². The Labute approximate surface area is 142 Å². The summed E-state index contributed by atoms with van der Waals surface area (Å²) >= 11 is 0. The molecule has 24 heavy (non-hydrogen) atoms. The Morgan fingerprint density at radius 2 is 1.96 bits per heavy atom. The minimum absolute atomic E-state index is 0.0298. The smallest absolute Gasteiger partial charge is 0.317 e. The van der Waals surface area contributed by atoms with Crippen LogP contribution in [0.5, 0.6) is 0 Å². The van der Waals surface area contributed by atoms with Crippen LogP contribution in [0.1, 0.15) is 25.3 Å². The molecule has 0 spiro atoms. The number of morpholine rings is 1. The number of carbonyl (C=O) groups excluding carboxylic acids is 1. The molecule has 1 atom stereocenters. The summed E-state index contributed by atoms with van der Waals surface area (Å²) in [7, 11) is 0. The predicted octanol–water partition coefficient (Wildman–Crippen LogP) is 2.22. The highest BCUT2D eigenvalue weighted by Crippen LogP contribution is 2.15. The maximum absolute atomic E-state index is 13.0. The third kappa shape index (κ3) is 4.68. The number of hydrogen-bond acceptors (Lipinski definition) is 3. The standard InChI is InChI=1S/C18H26FN3O2/c1-14-12-22(10-11-24-14)18(23)20-17-6-8-21(9-7-17)13-15-2-4-16(19)5-3-15/h2-5,14,17H,6-13H2,1H3,(H,20,23)/t14-/m1/s1. The van der Waals surface area contributed by atoms with Gasteiger partial charge in [-0.15, -0.1) is 0 Å². The average Bonchev–Trinajstić information content (AvgIpc) is 2.59. The van der Waals surface area contributed by atoms with Crippen molar-refractivity contribution in [3.8, 4) is 0 Å². The van der Waals surface area contributed by atoms with E-state index >= 15 is 0 Å². The van der Waals surface area contributed by atoms with Gasteiger partial charge >= 0.3 is 6.03 Å². The molecule has 3 rings (SSSR count). The molecule has 2 saturated heterocycles. The molecule has 1 aromatic carbocycles. The van der Waals surface area contributed by atoms with Gasteiger partial charge < -0.3 is 15.0 Å². The quantitative estimate of drug-likeness (QED) is 0.921. The lowest BCUT2D eigenvalue weighted by Gasteiger charge is -2.35. The summed E-state index contributed by atoms with van der Waals surface area (Å²) in [6.45, 7) is 6.67. The fourth-order valence-electron chi connectivity index (χ4n) is 3.35.